The number of carbonyl (C=O) groups excluding carboxylic acids is 2. The molecular formula is C16H19NO2. The van der Waals surface area contributed by atoms with Crippen molar-refractivity contribution in [3.8, 4) is 0 Å². The summed E-state index contributed by atoms with van der Waals surface area (Å²) >= 11 is 0. The zero-order valence-electron chi connectivity index (χ0n) is 11.0. The molecule has 0 amide bonds. The standard InChI is InChI=1S/C16H19NO2/c17-16(8-4-1-5-9-16)10-13-14(18)11-6-2-3-7-12(11)15(13)19/h2-3,6-7,13H,1,4-5,8-10,17H2. The quantitative estimate of drug-likeness (QED) is 0.829. The summed E-state index contributed by atoms with van der Waals surface area (Å²) in [5, 5.41) is 0. The van der Waals surface area contributed by atoms with Crippen molar-refractivity contribution < 1.29 is 9.59 Å². The first-order chi connectivity index (χ1) is 9.11. The molecular weight excluding hydrogens is 238 g/mol. The van der Waals surface area contributed by atoms with Crippen LogP contribution in [-0.2, 0) is 0 Å². The van der Waals surface area contributed by atoms with Crippen molar-refractivity contribution in [3.63, 3.8) is 0 Å². The minimum Gasteiger partial charge on any atom is -0.325 e. The Morgan fingerprint density at radius 2 is 1.53 bits per heavy atom. The van der Waals surface area contributed by atoms with Gasteiger partial charge in [-0.1, -0.05) is 43.5 Å². The molecule has 0 bridgehead atoms. The first-order valence-corrected chi connectivity index (χ1v) is 7.07. The summed E-state index contributed by atoms with van der Waals surface area (Å²) < 4.78 is 0. The maximum atomic E-state index is 12.3. The molecule has 3 rings (SSSR count). The van der Waals surface area contributed by atoms with Crippen molar-refractivity contribution in [3.05, 3.63) is 35.4 Å². The minimum atomic E-state index is -0.541. The number of ketones is 2. The highest BCUT2D eigenvalue weighted by Gasteiger charge is 2.42. The first kappa shape index (κ1) is 12.5. The van der Waals surface area contributed by atoms with Gasteiger partial charge in [0, 0.05) is 16.7 Å². The van der Waals surface area contributed by atoms with Gasteiger partial charge < -0.3 is 5.73 Å². The third-order valence-electron chi connectivity index (χ3n) is 4.55. The molecule has 2 N–H and O–H groups in total. The molecule has 0 heterocycles. The van der Waals surface area contributed by atoms with Crippen molar-refractivity contribution in [2.75, 3.05) is 0 Å². The van der Waals surface area contributed by atoms with E-state index < -0.39 is 5.92 Å². The number of hydrogen-bond acceptors (Lipinski definition) is 3. The van der Waals surface area contributed by atoms with E-state index in [9.17, 15) is 9.59 Å². The molecule has 19 heavy (non-hydrogen) atoms. The number of Topliss-reactive ketones (excluding diaryl/α,β-unsaturated/α-hetero) is 2. The fourth-order valence-electron chi connectivity index (χ4n) is 3.46. The van der Waals surface area contributed by atoms with E-state index in [4.69, 9.17) is 5.73 Å². The predicted octanol–water partition coefficient (Wildman–Crippen LogP) is 2.73. The molecule has 0 spiro atoms. The molecule has 1 saturated carbocycles. The highest BCUT2D eigenvalue weighted by atomic mass is 16.2. The first-order valence-electron chi connectivity index (χ1n) is 7.07. The van der Waals surface area contributed by atoms with Gasteiger partial charge in [-0.2, -0.15) is 0 Å². The fraction of sp³-hybridized carbons (Fsp3) is 0.500. The van der Waals surface area contributed by atoms with Crippen LogP contribution in [0.1, 0.15) is 59.2 Å². The topological polar surface area (TPSA) is 60.2 Å². The van der Waals surface area contributed by atoms with Crippen molar-refractivity contribution >= 4 is 11.6 Å². The zero-order valence-corrected chi connectivity index (χ0v) is 11.0. The van der Waals surface area contributed by atoms with E-state index in [1.807, 2.05) is 12.1 Å². The van der Waals surface area contributed by atoms with Crippen LogP contribution in [0.15, 0.2) is 24.3 Å². The monoisotopic (exact) mass is 257 g/mol. The van der Waals surface area contributed by atoms with Crippen LogP contribution >= 0.6 is 0 Å². The van der Waals surface area contributed by atoms with E-state index in [1.54, 1.807) is 12.1 Å². The van der Waals surface area contributed by atoms with Crippen LogP contribution in [0, 0.1) is 5.92 Å². The van der Waals surface area contributed by atoms with E-state index in [2.05, 4.69) is 0 Å². The van der Waals surface area contributed by atoms with E-state index in [0.29, 0.717) is 17.5 Å². The molecule has 0 aromatic heterocycles. The number of benzene rings is 1. The number of rotatable bonds is 2. The summed E-state index contributed by atoms with van der Waals surface area (Å²) in [6.45, 7) is 0. The Labute approximate surface area is 113 Å². The maximum absolute atomic E-state index is 12.3. The molecule has 3 nitrogen and oxygen atoms in total. The van der Waals surface area contributed by atoms with Gasteiger partial charge >= 0.3 is 0 Å². The molecule has 0 aliphatic heterocycles. The SMILES string of the molecule is NC1(CC2C(=O)c3ccccc3C2=O)CCCCC1. The van der Waals surface area contributed by atoms with Gasteiger partial charge in [0.05, 0.1) is 5.92 Å². The Morgan fingerprint density at radius 1 is 1.00 bits per heavy atom. The molecule has 3 heteroatoms. The highest BCUT2D eigenvalue weighted by Crippen LogP contribution is 2.36. The van der Waals surface area contributed by atoms with Crippen LogP contribution in [0.3, 0.4) is 0 Å². The lowest BCUT2D eigenvalue weighted by Gasteiger charge is -2.34. The number of hydrogen-bond donors (Lipinski definition) is 1. The zero-order chi connectivity index (χ0) is 13.5. The number of nitrogens with two attached hydrogens (primary N) is 1. The Morgan fingerprint density at radius 3 is 2.05 bits per heavy atom. The second-order valence-electron chi connectivity index (χ2n) is 5.95. The summed E-state index contributed by atoms with van der Waals surface area (Å²) in [6.07, 6.45) is 5.81. The van der Waals surface area contributed by atoms with Gasteiger partial charge in [-0.15, -0.1) is 0 Å². The second-order valence-corrected chi connectivity index (χ2v) is 5.95. The summed E-state index contributed by atoms with van der Waals surface area (Å²) in [5.41, 5.74) is 7.23. The van der Waals surface area contributed by atoms with Crippen molar-refractivity contribution in [2.45, 2.75) is 44.1 Å². The Hall–Kier alpha value is -1.48. The van der Waals surface area contributed by atoms with E-state index in [1.165, 1.54) is 6.42 Å². The molecule has 0 saturated heterocycles. The second kappa shape index (κ2) is 4.57. The molecule has 1 aromatic carbocycles. The van der Waals surface area contributed by atoms with Gasteiger partial charge in [0.25, 0.3) is 0 Å². The van der Waals surface area contributed by atoms with E-state index >= 15 is 0 Å². The Balaban J connectivity index is 1.84. The normalized spacial score (nSPS) is 22.6. The lowest BCUT2D eigenvalue weighted by atomic mass is 9.75. The van der Waals surface area contributed by atoms with Crippen molar-refractivity contribution in [1.29, 1.82) is 0 Å². The van der Waals surface area contributed by atoms with E-state index in [-0.39, 0.29) is 17.1 Å². The molecule has 0 atom stereocenters. The molecule has 2 aliphatic rings. The third kappa shape index (κ3) is 2.12. The largest absolute Gasteiger partial charge is 0.325 e. The highest BCUT2D eigenvalue weighted by molar-refractivity contribution is 6.26. The minimum absolute atomic E-state index is 0.0315. The predicted molar refractivity (Wildman–Crippen MR) is 73.2 cm³/mol. The van der Waals surface area contributed by atoms with E-state index in [0.717, 1.165) is 25.7 Å². The Bertz CT molecular complexity index is 494. The number of carbonyl (C=O) groups is 2. The van der Waals surface area contributed by atoms with Crippen LogP contribution in [0.5, 0.6) is 0 Å². The van der Waals surface area contributed by atoms with Crippen LogP contribution in [0.4, 0.5) is 0 Å². The van der Waals surface area contributed by atoms with Crippen LogP contribution in [0.25, 0.3) is 0 Å². The molecule has 0 unspecified atom stereocenters. The van der Waals surface area contributed by atoms with Crippen LogP contribution < -0.4 is 5.73 Å². The Kier molecular flexibility index (Phi) is 3.02. The molecule has 0 radical (unpaired) electrons. The van der Waals surface area contributed by atoms with Gasteiger partial charge in [-0.25, -0.2) is 0 Å². The maximum Gasteiger partial charge on any atom is 0.174 e. The molecule has 2 aliphatic carbocycles. The lowest BCUT2D eigenvalue weighted by Crippen LogP contribution is -2.45. The average Bonchev–Trinajstić information content (AvgIpc) is 2.65. The summed E-state index contributed by atoms with van der Waals surface area (Å²) in [5.74, 6) is -0.604. The van der Waals surface area contributed by atoms with Crippen molar-refractivity contribution in [2.24, 2.45) is 11.7 Å². The van der Waals surface area contributed by atoms with Crippen LogP contribution in [0.2, 0.25) is 0 Å². The summed E-state index contributed by atoms with van der Waals surface area (Å²) in [6, 6.07) is 7.12. The number of fused-ring (bicyclic) bond motifs is 1. The third-order valence-corrected chi connectivity index (χ3v) is 4.55. The smallest absolute Gasteiger partial charge is 0.174 e. The molecule has 1 fully saturated rings. The van der Waals surface area contributed by atoms with Gasteiger partial charge in [-0.05, 0) is 19.3 Å². The van der Waals surface area contributed by atoms with Gasteiger partial charge in [0.1, 0.15) is 0 Å². The lowest BCUT2D eigenvalue weighted by molar-refractivity contribution is 0.0794. The molecule has 1 aromatic rings. The van der Waals surface area contributed by atoms with Gasteiger partial charge in [0.15, 0.2) is 11.6 Å². The fourth-order valence-corrected chi connectivity index (χ4v) is 3.46. The van der Waals surface area contributed by atoms with Crippen LogP contribution in [-0.4, -0.2) is 17.1 Å². The summed E-state index contributed by atoms with van der Waals surface area (Å²) in [7, 11) is 0. The van der Waals surface area contributed by atoms with Gasteiger partial charge in [-0.3, -0.25) is 9.59 Å². The van der Waals surface area contributed by atoms with Gasteiger partial charge in [0.2, 0.25) is 0 Å². The summed E-state index contributed by atoms with van der Waals surface area (Å²) in [4.78, 5) is 24.7. The average molecular weight is 257 g/mol. The van der Waals surface area contributed by atoms with Crippen molar-refractivity contribution in [1.82, 2.24) is 0 Å². The molecule has 100 valence electrons.